The predicted octanol–water partition coefficient (Wildman–Crippen LogP) is 7.20. The molecule has 0 heterocycles. The first-order valence-corrected chi connectivity index (χ1v) is 15.1. The van der Waals surface area contributed by atoms with E-state index < -0.39 is 11.9 Å². The molecule has 6 heteroatoms. The predicted molar refractivity (Wildman–Crippen MR) is 181 cm³/mol. The van der Waals surface area contributed by atoms with E-state index >= 15 is 0 Å². The maximum Gasteiger partial charge on any atom is 0.330 e. The van der Waals surface area contributed by atoms with Crippen molar-refractivity contribution in [2.24, 2.45) is 0 Å². The van der Waals surface area contributed by atoms with Gasteiger partial charge >= 0.3 is 11.9 Å². The quantitative estimate of drug-likeness (QED) is 0.0689. The van der Waals surface area contributed by atoms with Crippen LogP contribution in [0.4, 0.5) is 0 Å². The summed E-state index contributed by atoms with van der Waals surface area (Å²) in [6.45, 7) is 10.3. The molecule has 0 aliphatic heterocycles. The molecule has 0 amide bonds. The molecule has 0 bridgehead atoms. The molecule has 0 aliphatic carbocycles. The summed E-state index contributed by atoms with van der Waals surface area (Å²) in [5.74, 6) is 13.8. The molecule has 232 valence electrons. The number of carbonyl (C=O) groups is 2. The molecule has 0 fully saturated rings. The largest absolute Gasteiger partial charge is 0.493 e. The van der Waals surface area contributed by atoms with Gasteiger partial charge in [0.2, 0.25) is 0 Å². The molecule has 0 radical (unpaired) electrons. The molecule has 0 spiro atoms. The monoisotopic (exact) mass is 612 g/mol. The van der Waals surface area contributed by atoms with Gasteiger partial charge < -0.3 is 18.9 Å². The Bertz CT molecular complexity index is 1810. The van der Waals surface area contributed by atoms with E-state index in [1.165, 1.54) is 0 Å². The lowest BCUT2D eigenvalue weighted by Gasteiger charge is -2.08. The number of fused-ring (bicyclic) bond motifs is 1. The topological polar surface area (TPSA) is 71.1 Å². The molecule has 0 unspecified atom stereocenters. The summed E-state index contributed by atoms with van der Waals surface area (Å²) in [7, 11) is 0. The van der Waals surface area contributed by atoms with Crippen molar-refractivity contribution < 1.29 is 28.5 Å². The van der Waals surface area contributed by atoms with Crippen molar-refractivity contribution in [1.29, 1.82) is 0 Å². The van der Waals surface area contributed by atoms with Crippen molar-refractivity contribution >= 4 is 22.7 Å². The van der Waals surface area contributed by atoms with Gasteiger partial charge in [-0.05, 0) is 89.5 Å². The highest BCUT2D eigenvalue weighted by molar-refractivity contribution is 5.85. The zero-order valence-electron chi connectivity index (χ0n) is 26.0. The number of hydrogen-bond donors (Lipinski definition) is 0. The van der Waals surface area contributed by atoms with Crippen LogP contribution in [0.5, 0.6) is 11.5 Å². The summed E-state index contributed by atoms with van der Waals surface area (Å²) < 4.78 is 21.4. The molecule has 0 saturated heterocycles. The van der Waals surface area contributed by atoms with Gasteiger partial charge in [-0.1, -0.05) is 55.9 Å². The van der Waals surface area contributed by atoms with Crippen LogP contribution in [0, 0.1) is 23.7 Å². The van der Waals surface area contributed by atoms with E-state index in [9.17, 15) is 9.59 Å². The first-order valence-electron chi connectivity index (χ1n) is 15.1. The lowest BCUT2D eigenvalue weighted by atomic mass is 10.0. The van der Waals surface area contributed by atoms with E-state index in [1.807, 2.05) is 66.7 Å². The summed E-state index contributed by atoms with van der Waals surface area (Å²) >= 11 is 0. The fraction of sp³-hybridized carbons (Fsp3) is 0.200. The van der Waals surface area contributed by atoms with Gasteiger partial charge in [0.25, 0.3) is 0 Å². The number of carbonyl (C=O) groups excluding carboxylic acids is 2. The minimum absolute atomic E-state index is 0.293. The summed E-state index contributed by atoms with van der Waals surface area (Å²) in [6.07, 6.45) is 4.34. The molecule has 4 aromatic carbocycles. The van der Waals surface area contributed by atoms with Gasteiger partial charge in [-0.25, -0.2) is 9.59 Å². The third-order valence-electron chi connectivity index (χ3n) is 6.78. The molecule has 6 nitrogen and oxygen atoms in total. The molecular weight excluding hydrogens is 576 g/mol. The molecule has 0 N–H and O–H groups in total. The summed E-state index contributed by atoms with van der Waals surface area (Å²) in [5.41, 5.74) is 4.87. The second-order valence-corrected chi connectivity index (χ2v) is 10.1. The van der Waals surface area contributed by atoms with E-state index in [0.29, 0.717) is 39.3 Å². The second kappa shape index (κ2) is 17.5. The van der Waals surface area contributed by atoms with E-state index in [2.05, 4.69) is 55.9 Å². The standard InChI is InChI=1S/C40H36O6/c1-4-33-27-31(12-17-34(33)16-11-30-14-20-37(21-15-30)43-23-7-25-45-39(41)5-2)9-10-32-13-18-36-29-38(22-19-35(36)28-32)44-24-8-26-46-40(42)6-3/h5-6,12-15,17-22,27-29H,2-4,7-8,23-26H2,1H3. The summed E-state index contributed by atoms with van der Waals surface area (Å²) in [4.78, 5) is 22.2. The molecule has 0 aromatic heterocycles. The van der Waals surface area contributed by atoms with E-state index in [1.54, 1.807) is 0 Å². The van der Waals surface area contributed by atoms with Gasteiger partial charge in [0, 0.05) is 47.2 Å². The van der Waals surface area contributed by atoms with Crippen LogP contribution >= 0.6 is 0 Å². The molecule has 46 heavy (non-hydrogen) atoms. The zero-order valence-corrected chi connectivity index (χ0v) is 26.0. The highest BCUT2D eigenvalue weighted by Crippen LogP contribution is 2.22. The Hall–Kier alpha value is -5.72. The number of aryl methyl sites for hydroxylation is 1. The van der Waals surface area contributed by atoms with Crippen LogP contribution in [0.2, 0.25) is 0 Å². The number of rotatable bonds is 13. The fourth-order valence-corrected chi connectivity index (χ4v) is 4.36. The minimum Gasteiger partial charge on any atom is -0.493 e. The van der Waals surface area contributed by atoms with E-state index in [0.717, 1.165) is 68.7 Å². The Kier molecular flexibility index (Phi) is 12.7. The first-order chi connectivity index (χ1) is 22.5. The van der Waals surface area contributed by atoms with Gasteiger partial charge in [0.05, 0.1) is 26.4 Å². The lowest BCUT2D eigenvalue weighted by molar-refractivity contribution is -0.138. The van der Waals surface area contributed by atoms with Crippen molar-refractivity contribution in [2.45, 2.75) is 26.2 Å². The van der Waals surface area contributed by atoms with Gasteiger partial charge in [-0.3, -0.25) is 0 Å². The molecule has 0 saturated carbocycles. The Labute approximate surface area is 270 Å². The van der Waals surface area contributed by atoms with E-state index in [-0.39, 0.29) is 0 Å². The highest BCUT2D eigenvalue weighted by atomic mass is 16.5. The summed E-state index contributed by atoms with van der Waals surface area (Å²) in [6, 6.07) is 25.8. The minimum atomic E-state index is -0.430. The van der Waals surface area contributed by atoms with Crippen LogP contribution in [-0.2, 0) is 25.5 Å². The van der Waals surface area contributed by atoms with Crippen LogP contribution in [-0.4, -0.2) is 38.4 Å². The van der Waals surface area contributed by atoms with Crippen molar-refractivity contribution in [1.82, 2.24) is 0 Å². The average Bonchev–Trinajstić information content (AvgIpc) is 3.09. The SMILES string of the molecule is C=CC(=O)OCCCOc1ccc(C#Cc2ccc(C#Cc3ccc4cc(OCCCOC(=O)C=C)ccc4c3)cc2CC)cc1. The van der Waals surface area contributed by atoms with Gasteiger partial charge in [0.1, 0.15) is 11.5 Å². The van der Waals surface area contributed by atoms with Crippen molar-refractivity contribution in [3.63, 3.8) is 0 Å². The molecule has 4 aromatic rings. The maximum absolute atomic E-state index is 11.1. The molecular formula is C40H36O6. The number of ether oxygens (including phenoxy) is 4. The number of esters is 2. The first kappa shape index (κ1) is 33.2. The Morgan fingerprint density at radius 3 is 1.78 bits per heavy atom. The Morgan fingerprint density at radius 2 is 1.13 bits per heavy atom. The summed E-state index contributed by atoms with van der Waals surface area (Å²) in [5, 5.41) is 2.13. The van der Waals surface area contributed by atoms with Crippen LogP contribution in [0.1, 0.15) is 47.6 Å². The third kappa shape index (κ3) is 10.5. The van der Waals surface area contributed by atoms with Gasteiger partial charge in [-0.2, -0.15) is 0 Å². The fourth-order valence-electron chi connectivity index (χ4n) is 4.36. The molecule has 4 rings (SSSR count). The number of benzene rings is 4. The Balaban J connectivity index is 1.33. The molecule has 0 aliphatic rings. The van der Waals surface area contributed by atoms with Crippen LogP contribution < -0.4 is 9.47 Å². The van der Waals surface area contributed by atoms with Gasteiger partial charge in [0.15, 0.2) is 0 Å². The van der Waals surface area contributed by atoms with Crippen LogP contribution in [0.25, 0.3) is 10.8 Å². The maximum atomic E-state index is 11.1. The van der Waals surface area contributed by atoms with Crippen molar-refractivity contribution in [2.75, 3.05) is 26.4 Å². The van der Waals surface area contributed by atoms with Crippen molar-refractivity contribution in [3.8, 4) is 35.2 Å². The van der Waals surface area contributed by atoms with Crippen LogP contribution in [0.3, 0.4) is 0 Å². The normalized spacial score (nSPS) is 10.0. The van der Waals surface area contributed by atoms with Crippen molar-refractivity contribution in [3.05, 3.63) is 132 Å². The van der Waals surface area contributed by atoms with Crippen LogP contribution in [0.15, 0.2) is 104 Å². The Morgan fingerprint density at radius 1 is 0.609 bits per heavy atom. The average molecular weight is 613 g/mol. The van der Waals surface area contributed by atoms with E-state index in [4.69, 9.17) is 18.9 Å². The second-order valence-electron chi connectivity index (χ2n) is 10.1. The highest BCUT2D eigenvalue weighted by Gasteiger charge is 2.03. The van der Waals surface area contributed by atoms with Gasteiger partial charge in [-0.15, -0.1) is 0 Å². The number of hydrogen-bond acceptors (Lipinski definition) is 6. The molecule has 0 atom stereocenters. The lowest BCUT2D eigenvalue weighted by Crippen LogP contribution is -2.06. The smallest absolute Gasteiger partial charge is 0.330 e. The zero-order chi connectivity index (χ0) is 32.6. The third-order valence-corrected chi connectivity index (χ3v) is 6.78.